The van der Waals surface area contributed by atoms with Gasteiger partial charge in [0, 0.05) is 21.5 Å². The second-order valence-corrected chi connectivity index (χ2v) is 6.50. The molecular weight excluding hydrogens is 298 g/mol. The van der Waals surface area contributed by atoms with Crippen LogP contribution in [0.15, 0.2) is 36.4 Å². The second-order valence-electron chi connectivity index (χ2n) is 4.86. The van der Waals surface area contributed by atoms with Crippen molar-refractivity contribution in [1.29, 1.82) is 0 Å². The molecule has 1 heterocycles. The summed E-state index contributed by atoms with van der Waals surface area (Å²) in [5.41, 5.74) is 8.78. The molecule has 0 aliphatic heterocycles. The number of anilines is 2. The summed E-state index contributed by atoms with van der Waals surface area (Å²) >= 11 is 6.79. The van der Waals surface area contributed by atoms with Crippen molar-refractivity contribution in [3.8, 4) is 0 Å². The third-order valence-electron chi connectivity index (χ3n) is 3.46. The number of fused-ring (bicyclic) bond motifs is 1. The summed E-state index contributed by atoms with van der Waals surface area (Å²) in [5, 5.41) is 6.45. The zero-order valence-corrected chi connectivity index (χ0v) is 13.4. The number of nitrogens with zero attached hydrogens (tertiary/aromatic N) is 1. The Kier molecular flexibility index (Phi) is 3.61. The smallest absolute Gasteiger partial charge is 0.187 e. The quantitative estimate of drug-likeness (QED) is 0.708. The van der Waals surface area contributed by atoms with Gasteiger partial charge in [-0.2, -0.15) is 0 Å². The summed E-state index contributed by atoms with van der Waals surface area (Å²) < 4.78 is 0. The molecule has 21 heavy (non-hydrogen) atoms. The number of thiocarbonyl (C=S) groups is 1. The number of aryl methyl sites for hydroxylation is 2. The van der Waals surface area contributed by atoms with Gasteiger partial charge in [-0.25, -0.2) is 4.98 Å². The molecular formula is C16H15N3S2. The molecule has 106 valence electrons. The van der Waals surface area contributed by atoms with Crippen LogP contribution in [-0.4, -0.2) is 9.97 Å². The van der Waals surface area contributed by atoms with Gasteiger partial charge in [-0.15, -0.1) is 11.3 Å². The summed E-state index contributed by atoms with van der Waals surface area (Å²) in [7, 11) is 0. The minimum atomic E-state index is 0.415. The van der Waals surface area contributed by atoms with E-state index in [4.69, 9.17) is 18.0 Å². The van der Waals surface area contributed by atoms with Crippen LogP contribution in [0.25, 0.3) is 10.8 Å². The van der Waals surface area contributed by atoms with E-state index < -0.39 is 0 Å². The number of thiazole rings is 1. The maximum Gasteiger partial charge on any atom is 0.187 e. The molecule has 0 aliphatic carbocycles. The minimum Gasteiger partial charge on any atom is -0.389 e. The van der Waals surface area contributed by atoms with Crippen molar-refractivity contribution in [3.05, 3.63) is 52.5 Å². The van der Waals surface area contributed by atoms with Gasteiger partial charge >= 0.3 is 0 Å². The Balaban J connectivity index is 2.11. The molecule has 0 saturated carbocycles. The lowest BCUT2D eigenvalue weighted by Gasteiger charge is -2.11. The highest BCUT2D eigenvalue weighted by molar-refractivity contribution is 7.80. The number of benzene rings is 2. The third kappa shape index (κ3) is 2.62. The maximum absolute atomic E-state index is 5.81. The molecule has 3 N–H and O–H groups in total. The Bertz CT molecular complexity index is 817. The van der Waals surface area contributed by atoms with Crippen molar-refractivity contribution >= 4 is 50.1 Å². The number of nitrogens with two attached hydrogens (primary N) is 1. The Hall–Kier alpha value is -1.98. The fourth-order valence-electron chi connectivity index (χ4n) is 2.26. The van der Waals surface area contributed by atoms with E-state index >= 15 is 0 Å². The molecule has 0 amide bonds. The molecule has 0 spiro atoms. The van der Waals surface area contributed by atoms with E-state index in [2.05, 4.69) is 23.3 Å². The van der Waals surface area contributed by atoms with E-state index in [-0.39, 0.29) is 0 Å². The predicted molar refractivity (Wildman–Crippen MR) is 94.7 cm³/mol. The molecule has 0 bridgehead atoms. The summed E-state index contributed by atoms with van der Waals surface area (Å²) in [6, 6.07) is 12.1. The third-order valence-corrected chi connectivity index (χ3v) is 4.67. The Morgan fingerprint density at radius 3 is 2.48 bits per heavy atom. The van der Waals surface area contributed by atoms with Crippen molar-refractivity contribution in [3.63, 3.8) is 0 Å². The molecule has 0 saturated heterocycles. The molecule has 3 aromatic rings. The lowest BCUT2D eigenvalue weighted by atomic mass is 10.0. The molecule has 0 fully saturated rings. The molecule has 0 atom stereocenters. The van der Waals surface area contributed by atoms with Gasteiger partial charge in [0.2, 0.25) is 0 Å². The van der Waals surface area contributed by atoms with E-state index in [1.165, 1.54) is 4.88 Å². The lowest BCUT2D eigenvalue weighted by Crippen LogP contribution is -2.10. The number of hydrogen-bond acceptors (Lipinski definition) is 4. The monoisotopic (exact) mass is 313 g/mol. The highest BCUT2D eigenvalue weighted by Crippen LogP contribution is 2.31. The maximum atomic E-state index is 5.81. The van der Waals surface area contributed by atoms with Crippen LogP contribution in [0.3, 0.4) is 0 Å². The molecule has 5 heteroatoms. The molecule has 2 aromatic carbocycles. The number of aromatic nitrogens is 1. The first-order valence-electron chi connectivity index (χ1n) is 6.59. The van der Waals surface area contributed by atoms with Gasteiger partial charge in [0.1, 0.15) is 4.99 Å². The standard InChI is InChI=1S/C16H15N3S2/c1-9-10(2)21-16(18-9)19-14-8-7-13(15(17)20)11-5-3-4-6-12(11)14/h3-8H,1-2H3,(H2,17,20)(H,18,19). The first-order chi connectivity index (χ1) is 10.1. The topological polar surface area (TPSA) is 50.9 Å². The van der Waals surface area contributed by atoms with Crippen molar-refractivity contribution in [2.75, 3.05) is 5.32 Å². The van der Waals surface area contributed by atoms with Crippen LogP contribution >= 0.6 is 23.6 Å². The molecule has 0 radical (unpaired) electrons. The van der Waals surface area contributed by atoms with Crippen LogP contribution in [-0.2, 0) is 0 Å². The van der Waals surface area contributed by atoms with E-state index in [1.807, 2.05) is 37.3 Å². The van der Waals surface area contributed by atoms with E-state index in [1.54, 1.807) is 11.3 Å². The predicted octanol–water partition coefficient (Wildman–Crippen LogP) is 4.29. The van der Waals surface area contributed by atoms with Crippen molar-refractivity contribution < 1.29 is 0 Å². The molecule has 3 rings (SSSR count). The van der Waals surface area contributed by atoms with Crippen LogP contribution in [0.5, 0.6) is 0 Å². The average molecular weight is 313 g/mol. The van der Waals surface area contributed by atoms with Gasteiger partial charge in [-0.1, -0.05) is 36.5 Å². The molecule has 3 nitrogen and oxygen atoms in total. The van der Waals surface area contributed by atoms with Crippen LogP contribution in [0.2, 0.25) is 0 Å². The largest absolute Gasteiger partial charge is 0.389 e. The lowest BCUT2D eigenvalue weighted by molar-refractivity contribution is 1.23. The fourth-order valence-corrected chi connectivity index (χ4v) is 3.27. The van der Waals surface area contributed by atoms with Crippen LogP contribution in [0.4, 0.5) is 10.8 Å². The first-order valence-corrected chi connectivity index (χ1v) is 7.81. The second kappa shape index (κ2) is 5.42. The zero-order chi connectivity index (χ0) is 15.0. The molecule has 0 aliphatic rings. The Morgan fingerprint density at radius 1 is 1.14 bits per heavy atom. The molecule has 0 unspecified atom stereocenters. The van der Waals surface area contributed by atoms with E-state index in [0.717, 1.165) is 32.8 Å². The summed E-state index contributed by atoms with van der Waals surface area (Å²) in [4.78, 5) is 6.17. The Morgan fingerprint density at radius 2 is 1.86 bits per heavy atom. The normalized spacial score (nSPS) is 10.8. The summed E-state index contributed by atoms with van der Waals surface area (Å²) in [6.45, 7) is 4.09. The van der Waals surface area contributed by atoms with Crippen molar-refractivity contribution in [1.82, 2.24) is 4.98 Å². The first kappa shape index (κ1) is 14.0. The Labute approximate surface area is 132 Å². The van der Waals surface area contributed by atoms with E-state index in [0.29, 0.717) is 4.99 Å². The fraction of sp³-hybridized carbons (Fsp3) is 0.125. The van der Waals surface area contributed by atoms with Crippen LogP contribution in [0.1, 0.15) is 16.1 Å². The van der Waals surface area contributed by atoms with Gasteiger partial charge in [-0.05, 0) is 31.4 Å². The zero-order valence-electron chi connectivity index (χ0n) is 11.8. The van der Waals surface area contributed by atoms with Crippen LogP contribution < -0.4 is 11.1 Å². The number of nitrogens with one attached hydrogen (secondary N) is 1. The highest BCUT2D eigenvalue weighted by Gasteiger charge is 2.09. The van der Waals surface area contributed by atoms with Crippen LogP contribution in [0, 0.1) is 13.8 Å². The van der Waals surface area contributed by atoms with Gasteiger partial charge < -0.3 is 11.1 Å². The van der Waals surface area contributed by atoms with E-state index in [9.17, 15) is 0 Å². The molecule has 1 aromatic heterocycles. The summed E-state index contributed by atoms with van der Waals surface area (Å²) in [6.07, 6.45) is 0. The SMILES string of the molecule is Cc1nc(Nc2ccc(C(N)=S)c3ccccc23)sc1C. The van der Waals surface area contributed by atoms with Gasteiger partial charge in [-0.3, -0.25) is 0 Å². The number of rotatable bonds is 3. The minimum absolute atomic E-state index is 0.415. The van der Waals surface area contributed by atoms with Crippen molar-refractivity contribution in [2.24, 2.45) is 5.73 Å². The highest BCUT2D eigenvalue weighted by atomic mass is 32.1. The summed E-state index contributed by atoms with van der Waals surface area (Å²) in [5.74, 6) is 0. The van der Waals surface area contributed by atoms with Gasteiger partial charge in [0.05, 0.1) is 5.69 Å². The van der Waals surface area contributed by atoms with Gasteiger partial charge in [0.15, 0.2) is 5.13 Å². The van der Waals surface area contributed by atoms with Crippen molar-refractivity contribution in [2.45, 2.75) is 13.8 Å². The van der Waals surface area contributed by atoms with Gasteiger partial charge in [0.25, 0.3) is 0 Å². The number of hydrogen-bond donors (Lipinski definition) is 2. The average Bonchev–Trinajstić information content (AvgIpc) is 2.77.